The Balaban J connectivity index is 1.50. The Morgan fingerprint density at radius 1 is 1.22 bits per heavy atom. The van der Waals surface area contributed by atoms with Crippen LogP contribution in [0.15, 0.2) is 42.5 Å². The molecule has 1 unspecified atom stereocenters. The molecule has 1 aliphatic rings. The van der Waals surface area contributed by atoms with Crippen molar-refractivity contribution in [1.82, 2.24) is 5.32 Å². The minimum atomic E-state index is -0.317. The van der Waals surface area contributed by atoms with Crippen molar-refractivity contribution in [3.63, 3.8) is 0 Å². The van der Waals surface area contributed by atoms with Crippen molar-refractivity contribution in [2.45, 2.75) is 19.4 Å². The number of hydrogen-bond acceptors (Lipinski definition) is 5. The number of fused-ring (bicyclic) bond motifs is 1. The van der Waals surface area contributed by atoms with Gasteiger partial charge in [-0.1, -0.05) is 30.7 Å². The van der Waals surface area contributed by atoms with Gasteiger partial charge < -0.3 is 19.5 Å². The standard InChI is InChI=1S/C20H20ClNO5/c1-2-16(23)15-9-13(21)7-8-17(15)26-12-20(24)22-10-14-11-25-18-5-3-4-6-19(18)27-14/h3-9,14H,2,10-12H2,1H3,(H,22,24). The number of carbonyl (C=O) groups excluding carboxylic acids is 2. The molecule has 3 rings (SSSR count). The van der Waals surface area contributed by atoms with E-state index in [4.69, 9.17) is 25.8 Å². The molecule has 0 spiro atoms. The number of benzene rings is 2. The van der Waals surface area contributed by atoms with Gasteiger partial charge in [0, 0.05) is 11.4 Å². The highest BCUT2D eigenvalue weighted by Crippen LogP contribution is 2.30. The molecule has 1 heterocycles. The average Bonchev–Trinajstić information content (AvgIpc) is 2.70. The SMILES string of the molecule is CCC(=O)c1cc(Cl)ccc1OCC(=O)NCC1COc2ccccc2O1. The molecule has 0 aromatic heterocycles. The molecule has 7 heteroatoms. The summed E-state index contributed by atoms with van der Waals surface area (Å²) in [6, 6.07) is 12.1. The monoisotopic (exact) mass is 389 g/mol. The number of Topliss-reactive ketones (excluding diaryl/α,β-unsaturated/α-hetero) is 1. The zero-order valence-electron chi connectivity index (χ0n) is 14.9. The van der Waals surface area contributed by atoms with E-state index >= 15 is 0 Å². The van der Waals surface area contributed by atoms with E-state index in [1.807, 2.05) is 24.3 Å². The molecule has 1 aliphatic heterocycles. The topological polar surface area (TPSA) is 73.9 Å². The lowest BCUT2D eigenvalue weighted by Crippen LogP contribution is -2.42. The number of carbonyl (C=O) groups is 2. The Kier molecular flexibility index (Phi) is 6.19. The van der Waals surface area contributed by atoms with Crippen LogP contribution in [0, 0.1) is 0 Å². The first-order valence-electron chi connectivity index (χ1n) is 8.67. The molecule has 0 saturated heterocycles. The van der Waals surface area contributed by atoms with Crippen molar-refractivity contribution < 1.29 is 23.8 Å². The number of ketones is 1. The second-order valence-corrected chi connectivity index (χ2v) is 6.44. The number of rotatable bonds is 7. The lowest BCUT2D eigenvalue weighted by atomic mass is 10.1. The molecule has 142 valence electrons. The Morgan fingerprint density at radius 3 is 2.78 bits per heavy atom. The first kappa shape index (κ1) is 19.0. The fourth-order valence-electron chi connectivity index (χ4n) is 2.62. The average molecular weight is 390 g/mol. The van der Waals surface area contributed by atoms with Crippen LogP contribution < -0.4 is 19.5 Å². The summed E-state index contributed by atoms with van der Waals surface area (Å²) in [6.45, 7) is 2.18. The number of nitrogens with one attached hydrogen (secondary N) is 1. The third kappa shape index (κ3) is 4.92. The maximum absolute atomic E-state index is 12.1. The van der Waals surface area contributed by atoms with E-state index in [1.165, 1.54) is 0 Å². The minimum Gasteiger partial charge on any atom is -0.486 e. The lowest BCUT2D eigenvalue weighted by molar-refractivity contribution is -0.123. The lowest BCUT2D eigenvalue weighted by Gasteiger charge is -2.26. The van der Waals surface area contributed by atoms with Gasteiger partial charge in [0.1, 0.15) is 18.5 Å². The summed E-state index contributed by atoms with van der Waals surface area (Å²) >= 11 is 5.94. The Labute approximate surface area is 162 Å². The zero-order valence-corrected chi connectivity index (χ0v) is 15.6. The van der Waals surface area contributed by atoms with Crippen LogP contribution in [0.25, 0.3) is 0 Å². The third-order valence-corrected chi connectivity index (χ3v) is 4.25. The molecule has 1 N–H and O–H groups in total. The van der Waals surface area contributed by atoms with Gasteiger partial charge in [0.25, 0.3) is 5.91 Å². The van der Waals surface area contributed by atoms with Crippen molar-refractivity contribution in [2.75, 3.05) is 19.8 Å². The van der Waals surface area contributed by atoms with Crippen LogP contribution in [-0.2, 0) is 4.79 Å². The van der Waals surface area contributed by atoms with Crippen molar-refractivity contribution in [3.05, 3.63) is 53.1 Å². The highest BCUT2D eigenvalue weighted by atomic mass is 35.5. The van der Waals surface area contributed by atoms with Gasteiger partial charge in [-0.2, -0.15) is 0 Å². The van der Waals surface area contributed by atoms with Crippen molar-refractivity contribution in [3.8, 4) is 17.2 Å². The molecular formula is C20H20ClNO5. The molecule has 1 atom stereocenters. The minimum absolute atomic E-state index is 0.0978. The quantitative estimate of drug-likeness (QED) is 0.736. The second kappa shape index (κ2) is 8.77. The largest absolute Gasteiger partial charge is 0.486 e. The molecule has 2 aromatic rings. The van der Waals surface area contributed by atoms with Gasteiger partial charge in [0.15, 0.2) is 23.9 Å². The van der Waals surface area contributed by atoms with E-state index in [2.05, 4.69) is 5.32 Å². The fraction of sp³-hybridized carbons (Fsp3) is 0.300. The summed E-state index contributed by atoms with van der Waals surface area (Å²) in [5, 5.41) is 3.19. The molecule has 0 saturated carbocycles. The smallest absolute Gasteiger partial charge is 0.258 e. The summed E-state index contributed by atoms with van der Waals surface area (Å²) in [5.41, 5.74) is 0.374. The maximum Gasteiger partial charge on any atom is 0.258 e. The predicted octanol–water partition coefficient (Wildman–Crippen LogP) is 3.27. The molecular weight excluding hydrogens is 370 g/mol. The van der Waals surface area contributed by atoms with Gasteiger partial charge >= 0.3 is 0 Å². The molecule has 0 fully saturated rings. The van der Waals surface area contributed by atoms with Crippen LogP contribution in [0.5, 0.6) is 17.2 Å². The normalized spacial score (nSPS) is 15.1. The molecule has 0 bridgehead atoms. The van der Waals surface area contributed by atoms with E-state index in [1.54, 1.807) is 25.1 Å². The number of halogens is 1. The summed E-state index contributed by atoms with van der Waals surface area (Å²) in [4.78, 5) is 24.1. The van der Waals surface area contributed by atoms with Crippen LogP contribution in [0.2, 0.25) is 5.02 Å². The summed E-state index contributed by atoms with van der Waals surface area (Å²) in [5.74, 6) is 1.27. The zero-order chi connectivity index (χ0) is 19.2. The van der Waals surface area contributed by atoms with E-state index in [-0.39, 0.29) is 30.9 Å². The van der Waals surface area contributed by atoms with Crippen LogP contribution in [0.3, 0.4) is 0 Å². The van der Waals surface area contributed by atoms with Gasteiger partial charge in [0.05, 0.1) is 12.1 Å². The van der Waals surface area contributed by atoms with Gasteiger partial charge in [-0.15, -0.1) is 0 Å². The van der Waals surface area contributed by atoms with Crippen LogP contribution in [0.1, 0.15) is 23.7 Å². The number of para-hydroxylation sites is 2. The molecule has 0 radical (unpaired) electrons. The van der Waals surface area contributed by atoms with E-state index in [9.17, 15) is 9.59 Å². The second-order valence-electron chi connectivity index (χ2n) is 6.01. The van der Waals surface area contributed by atoms with Crippen LogP contribution in [-0.4, -0.2) is 37.6 Å². The Morgan fingerprint density at radius 2 is 2.00 bits per heavy atom. The Bertz CT molecular complexity index is 839. The summed E-state index contributed by atoms with van der Waals surface area (Å²) in [7, 11) is 0. The fourth-order valence-corrected chi connectivity index (χ4v) is 2.79. The van der Waals surface area contributed by atoms with Crippen LogP contribution in [0.4, 0.5) is 0 Å². The number of ether oxygens (including phenoxy) is 3. The summed E-state index contributed by atoms with van der Waals surface area (Å²) in [6.07, 6.45) is 0.0419. The van der Waals surface area contributed by atoms with Crippen molar-refractivity contribution >= 4 is 23.3 Å². The number of hydrogen-bond donors (Lipinski definition) is 1. The number of amides is 1. The van der Waals surface area contributed by atoms with Gasteiger partial charge in [-0.05, 0) is 30.3 Å². The van der Waals surface area contributed by atoms with Gasteiger partial charge in [-0.25, -0.2) is 0 Å². The van der Waals surface area contributed by atoms with Crippen molar-refractivity contribution in [2.24, 2.45) is 0 Å². The van der Waals surface area contributed by atoms with Crippen molar-refractivity contribution in [1.29, 1.82) is 0 Å². The molecule has 27 heavy (non-hydrogen) atoms. The van der Waals surface area contributed by atoms with Crippen LogP contribution >= 0.6 is 11.6 Å². The third-order valence-electron chi connectivity index (χ3n) is 4.02. The first-order valence-corrected chi connectivity index (χ1v) is 9.05. The van der Waals surface area contributed by atoms with Gasteiger partial charge in [-0.3, -0.25) is 9.59 Å². The molecule has 2 aromatic carbocycles. The Hall–Kier alpha value is -2.73. The highest BCUT2D eigenvalue weighted by molar-refractivity contribution is 6.31. The maximum atomic E-state index is 12.1. The first-order chi connectivity index (χ1) is 13.1. The van der Waals surface area contributed by atoms with Gasteiger partial charge in [0.2, 0.25) is 0 Å². The van der Waals surface area contributed by atoms with E-state index in [0.29, 0.717) is 40.9 Å². The van der Waals surface area contributed by atoms with E-state index < -0.39 is 0 Å². The molecule has 0 aliphatic carbocycles. The predicted molar refractivity (Wildman–Crippen MR) is 101 cm³/mol. The van der Waals surface area contributed by atoms with E-state index in [0.717, 1.165) is 0 Å². The molecule has 1 amide bonds. The summed E-state index contributed by atoms with van der Waals surface area (Å²) < 4.78 is 16.9. The highest BCUT2D eigenvalue weighted by Gasteiger charge is 2.21. The molecule has 6 nitrogen and oxygen atoms in total.